The second-order valence-electron chi connectivity index (χ2n) is 2.81. The molecule has 0 aliphatic rings. The highest BCUT2D eigenvalue weighted by atomic mass is 35.7. The molecule has 0 aliphatic heterocycles. The number of halogens is 1. The van der Waals surface area contributed by atoms with Gasteiger partial charge in [0.2, 0.25) is 0 Å². The van der Waals surface area contributed by atoms with E-state index in [-0.39, 0.29) is 12.6 Å². The molecule has 0 atom stereocenters. The molecule has 0 fully saturated rings. The fraction of sp³-hybridized carbons (Fsp3) is 0.500. The van der Waals surface area contributed by atoms with E-state index in [1.165, 1.54) is 11.8 Å². The Labute approximate surface area is 100 Å². The smallest absolute Gasteiger partial charge is 0.361 e. The van der Waals surface area contributed by atoms with E-state index in [0.717, 1.165) is 4.57 Å². The fourth-order valence-electron chi connectivity index (χ4n) is 0.954. The molecule has 11 heteroatoms. The van der Waals surface area contributed by atoms with Crippen molar-refractivity contribution in [2.75, 3.05) is 6.61 Å². The summed E-state index contributed by atoms with van der Waals surface area (Å²) < 4.78 is 28.8. The van der Waals surface area contributed by atoms with Crippen molar-refractivity contribution in [3.63, 3.8) is 0 Å². The van der Waals surface area contributed by atoms with Crippen LogP contribution in [0.1, 0.15) is 6.92 Å². The quantitative estimate of drug-likeness (QED) is 0.714. The molecule has 0 spiro atoms. The van der Waals surface area contributed by atoms with Crippen molar-refractivity contribution in [1.29, 1.82) is 0 Å². The van der Waals surface area contributed by atoms with Gasteiger partial charge in [-0.05, 0) is 6.92 Å². The highest BCUT2D eigenvalue weighted by Crippen LogP contribution is 2.00. The molecule has 0 saturated carbocycles. The summed E-state index contributed by atoms with van der Waals surface area (Å²) in [6, 6.07) is -1.40. The predicted octanol–water partition coefficient (Wildman–Crippen LogP) is -0.978. The van der Waals surface area contributed by atoms with E-state index in [2.05, 4.69) is 5.10 Å². The molecule has 0 radical (unpaired) electrons. The predicted molar refractivity (Wildman–Crippen MR) is 57.3 cm³/mol. The number of carbonyl (C=O) groups excluding carboxylic acids is 1. The summed E-state index contributed by atoms with van der Waals surface area (Å²) in [5.41, 5.74) is -0.855. The van der Waals surface area contributed by atoms with Crippen molar-refractivity contribution >= 4 is 26.0 Å². The minimum Gasteiger partial charge on any atom is -0.464 e. The van der Waals surface area contributed by atoms with Crippen molar-refractivity contribution in [3.8, 4) is 6.01 Å². The lowest BCUT2D eigenvalue weighted by Gasteiger charge is -1.98. The third kappa shape index (κ3) is 3.20. The monoisotopic (exact) mass is 284 g/mol. The first-order chi connectivity index (χ1) is 7.76. The molecule has 1 aromatic rings. The number of rotatable bonds is 3. The van der Waals surface area contributed by atoms with Gasteiger partial charge in [-0.3, -0.25) is 0 Å². The first-order valence-electron chi connectivity index (χ1n) is 4.32. The minimum absolute atomic E-state index is 0.111. The van der Waals surface area contributed by atoms with Gasteiger partial charge in [-0.25, -0.2) is 18.9 Å². The van der Waals surface area contributed by atoms with Gasteiger partial charge in [0.25, 0.3) is 0 Å². The van der Waals surface area contributed by atoms with Gasteiger partial charge in [0, 0.05) is 17.7 Å². The van der Waals surface area contributed by atoms with E-state index in [0.29, 0.717) is 4.68 Å². The van der Waals surface area contributed by atoms with Gasteiger partial charge in [0.15, 0.2) is 0 Å². The Bertz CT molecular complexity index is 588. The Morgan fingerprint density at radius 2 is 2.18 bits per heavy atom. The Morgan fingerprint density at radius 1 is 1.59 bits per heavy atom. The first-order valence-corrected chi connectivity index (χ1v) is 6.62. The van der Waals surface area contributed by atoms with E-state index in [1.54, 1.807) is 6.92 Å². The molecule has 1 aromatic heterocycles. The third-order valence-electron chi connectivity index (χ3n) is 1.62. The molecule has 0 saturated heterocycles. The highest BCUT2D eigenvalue weighted by Gasteiger charge is 2.20. The maximum atomic E-state index is 11.5. The lowest BCUT2D eigenvalue weighted by molar-refractivity contribution is 0.242. The van der Waals surface area contributed by atoms with E-state index in [1.807, 2.05) is 0 Å². The number of hydrogen-bond acceptors (Lipinski definition) is 6. The van der Waals surface area contributed by atoms with Crippen LogP contribution in [0.15, 0.2) is 4.79 Å². The van der Waals surface area contributed by atoms with Crippen LogP contribution < -0.4 is 15.1 Å². The van der Waals surface area contributed by atoms with E-state index in [4.69, 9.17) is 15.4 Å². The van der Waals surface area contributed by atoms with Crippen molar-refractivity contribution in [1.82, 2.24) is 19.1 Å². The zero-order valence-corrected chi connectivity index (χ0v) is 10.4. The molecule has 1 amide bonds. The van der Waals surface area contributed by atoms with Gasteiger partial charge in [0.1, 0.15) is 0 Å². The van der Waals surface area contributed by atoms with Crippen LogP contribution >= 0.6 is 10.7 Å². The molecule has 0 aliphatic carbocycles. The van der Waals surface area contributed by atoms with Crippen molar-refractivity contribution in [2.24, 2.45) is 7.05 Å². The average Bonchev–Trinajstić information content (AvgIpc) is 2.44. The van der Waals surface area contributed by atoms with E-state index in [9.17, 15) is 18.0 Å². The van der Waals surface area contributed by atoms with Gasteiger partial charge in [-0.1, -0.05) is 0 Å². The number of ether oxygens (including phenoxy) is 1. The molecule has 1 heterocycles. The van der Waals surface area contributed by atoms with Gasteiger partial charge < -0.3 is 4.74 Å². The van der Waals surface area contributed by atoms with Crippen molar-refractivity contribution in [3.05, 3.63) is 10.5 Å². The van der Waals surface area contributed by atoms with Crippen molar-refractivity contribution in [2.45, 2.75) is 6.92 Å². The number of hydrogen-bond donors (Lipinski definition) is 1. The van der Waals surface area contributed by atoms with Gasteiger partial charge in [0.05, 0.1) is 6.61 Å². The number of carbonyl (C=O) groups is 1. The van der Waals surface area contributed by atoms with Crippen LogP contribution in [0, 0.1) is 0 Å². The molecular weight excluding hydrogens is 276 g/mol. The van der Waals surface area contributed by atoms with E-state index < -0.39 is 21.0 Å². The van der Waals surface area contributed by atoms with Crippen LogP contribution in [0.5, 0.6) is 6.01 Å². The standard InChI is InChI=1S/C6H9ClN4O5S/c1-3-16-5-8-11(6(13)10(5)2)4(12)9-17(7,14)15/h3H2,1-2H3,(H,9,12). The summed E-state index contributed by atoms with van der Waals surface area (Å²) in [5.74, 6) is 0. The average molecular weight is 285 g/mol. The summed E-state index contributed by atoms with van der Waals surface area (Å²) in [6.07, 6.45) is 0. The molecule has 1 N–H and O–H groups in total. The third-order valence-corrected chi connectivity index (χ3v) is 2.27. The molecule has 9 nitrogen and oxygen atoms in total. The zero-order valence-electron chi connectivity index (χ0n) is 8.88. The fourth-order valence-corrected chi connectivity index (χ4v) is 1.45. The minimum atomic E-state index is -4.28. The molecule has 0 unspecified atom stereocenters. The maximum Gasteiger partial charge on any atom is 0.361 e. The first kappa shape index (κ1) is 13.5. The SMILES string of the molecule is CCOc1nn(C(=O)NS(=O)(=O)Cl)c(=O)n1C. The van der Waals surface area contributed by atoms with Gasteiger partial charge in [-0.2, -0.15) is 8.42 Å². The number of nitrogens with one attached hydrogen (secondary N) is 1. The van der Waals surface area contributed by atoms with Gasteiger partial charge in [-0.15, -0.1) is 9.78 Å². The Kier molecular flexibility index (Phi) is 3.78. The summed E-state index contributed by atoms with van der Waals surface area (Å²) >= 11 is 0. The molecule has 1 rings (SSSR count). The summed E-state index contributed by atoms with van der Waals surface area (Å²) in [7, 11) is 1.83. The zero-order chi connectivity index (χ0) is 13.2. The van der Waals surface area contributed by atoms with Crippen LogP contribution in [0.4, 0.5) is 4.79 Å². The Morgan fingerprint density at radius 3 is 2.65 bits per heavy atom. The molecule has 17 heavy (non-hydrogen) atoms. The number of aromatic nitrogens is 3. The van der Waals surface area contributed by atoms with Crippen LogP contribution in [-0.4, -0.2) is 35.4 Å². The van der Waals surface area contributed by atoms with Crippen LogP contribution in [0.3, 0.4) is 0 Å². The van der Waals surface area contributed by atoms with E-state index >= 15 is 0 Å². The van der Waals surface area contributed by atoms with Crippen molar-refractivity contribution < 1.29 is 17.9 Å². The summed E-state index contributed by atoms with van der Waals surface area (Å²) in [6.45, 7) is 1.90. The maximum absolute atomic E-state index is 11.5. The van der Waals surface area contributed by atoms with Crippen LogP contribution in [0.2, 0.25) is 0 Å². The molecule has 96 valence electrons. The molecule has 0 bridgehead atoms. The number of amides is 1. The number of nitrogens with zero attached hydrogens (tertiary/aromatic N) is 3. The molecular formula is C6H9ClN4O5S. The highest BCUT2D eigenvalue weighted by molar-refractivity contribution is 8.12. The Hall–Kier alpha value is -1.55. The lowest BCUT2D eigenvalue weighted by atomic mass is 10.8. The topological polar surface area (TPSA) is 112 Å². The van der Waals surface area contributed by atoms with Gasteiger partial charge >= 0.3 is 27.0 Å². The normalized spacial score (nSPS) is 11.2. The molecule has 0 aromatic carbocycles. The summed E-state index contributed by atoms with van der Waals surface area (Å²) in [4.78, 5) is 22.8. The largest absolute Gasteiger partial charge is 0.464 e. The Balaban J connectivity index is 3.12. The lowest BCUT2D eigenvalue weighted by Crippen LogP contribution is -2.38. The second kappa shape index (κ2) is 4.75. The second-order valence-corrected chi connectivity index (χ2v) is 5.11. The van der Waals surface area contributed by atoms with Crippen LogP contribution in [0.25, 0.3) is 0 Å². The van der Waals surface area contributed by atoms with Crippen LogP contribution in [-0.2, 0) is 16.3 Å². The summed E-state index contributed by atoms with van der Waals surface area (Å²) in [5, 5.41) is 3.49.